The van der Waals surface area contributed by atoms with Crippen LogP contribution in [0.1, 0.15) is 9.67 Å². The van der Waals surface area contributed by atoms with Crippen molar-refractivity contribution in [1.29, 1.82) is 0 Å². The molecule has 0 saturated carbocycles. The van der Waals surface area contributed by atoms with Crippen LogP contribution in [0, 0.1) is 0 Å². The molecule has 23 heavy (non-hydrogen) atoms. The lowest BCUT2D eigenvalue weighted by Crippen LogP contribution is -2.36. The highest BCUT2D eigenvalue weighted by Crippen LogP contribution is 2.25. The second kappa shape index (κ2) is 8.79. The van der Waals surface area contributed by atoms with Gasteiger partial charge in [0, 0.05) is 13.1 Å². The summed E-state index contributed by atoms with van der Waals surface area (Å²) >= 11 is 1.37. The molecule has 7 heteroatoms. The van der Waals surface area contributed by atoms with Crippen LogP contribution < -0.4 is 20.1 Å². The lowest BCUT2D eigenvalue weighted by Gasteiger charge is -2.10. The Hall–Kier alpha value is -2.54. The molecule has 0 bridgehead atoms. The van der Waals surface area contributed by atoms with E-state index < -0.39 is 0 Å². The van der Waals surface area contributed by atoms with E-state index >= 15 is 0 Å². The van der Waals surface area contributed by atoms with E-state index in [1.165, 1.54) is 11.3 Å². The monoisotopic (exact) mass is 334 g/mol. The van der Waals surface area contributed by atoms with Gasteiger partial charge in [-0.1, -0.05) is 18.2 Å². The summed E-state index contributed by atoms with van der Waals surface area (Å²) in [6.07, 6.45) is 0. The zero-order chi connectivity index (χ0) is 16.5. The number of rotatable bonds is 8. The van der Waals surface area contributed by atoms with Gasteiger partial charge in [-0.25, -0.2) is 0 Å². The van der Waals surface area contributed by atoms with E-state index in [1.54, 1.807) is 31.4 Å². The van der Waals surface area contributed by atoms with Crippen molar-refractivity contribution in [2.24, 2.45) is 0 Å². The molecular weight excluding hydrogens is 316 g/mol. The SMILES string of the molecule is COc1ccccc1OCC(=O)NCCNC(=O)c1cccs1. The number of thiophene rings is 1. The number of hydrogen-bond acceptors (Lipinski definition) is 5. The zero-order valence-electron chi connectivity index (χ0n) is 12.7. The molecule has 1 aromatic heterocycles. The summed E-state index contributed by atoms with van der Waals surface area (Å²) < 4.78 is 10.5. The van der Waals surface area contributed by atoms with E-state index in [0.29, 0.717) is 29.5 Å². The molecular formula is C16H18N2O4S. The summed E-state index contributed by atoms with van der Waals surface area (Å²) in [5, 5.41) is 7.24. The summed E-state index contributed by atoms with van der Waals surface area (Å²) in [6.45, 7) is 0.585. The summed E-state index contributed by atoms with van der Waals surface area (Å²) in [7, 11) is 1.54. The maximum atomic E-state index is 11.7. The van der Waals surface area contributed by atoms with Crippen LogP contribution in [0.5, 0.6) is 11.5 Å². The second-order valence-corrected chi connectivity index (χ2v) is 5.47. The van der Waals surface area contributed by atoms with E-state index in [9.17, 15) is 9.59 Å². The van der Waals surface area contributed by atoms with Gasteiger partial charge in [-0.15, -0.1) is 11.3 Å². The van der Waals surface area contributed by atoms with Crippen molar-refractivity contribution in [3.05, 3.63) is 46.7 Å². The van der Waals surface area contributed by atoms with Crippen LogP contribution >= 0.6 is 11.3 Å². The molecule has 2 amide bonds. The number of nitrogens with one attached hydrogen (secondary N) is 2. The molecule has 0 aliphatic rings. The lowest BCUT2D eigenvalue weighted by molar-refractivity contribution is -0.123. The minimum absolute atomic E-state index is 0.112. The quantitative estimate of drug-likeness (QED) is 0.720. The predicted molar refractivity (Wildman–Crippen MR) is 88.2 cm³/mol. The molecule has 0 radical (unpaired) electrons. The van der Waals surface area contributed by atoms with Gasteiger partial charge in [0.25, 0.3) is 11.8 Å². The van der Waals surface area contributed by atoms with Crippen molar-refractivity contribution in [2.45, 2.75) is 0 Å². The molecule has 2 aromatic rings. The topological polar surface area (TPSA) is 76.7 Å². The average Bonchev–Trinajstić information content (AvgIpc) is 3.11. The molecule has 0 aliphatic carbocycles. The molecule has 0 fully saturated rings. The molecule has 2 rings (SSSR count). The van der Waals surface area contributed by atoms with Crippen LogP contribution in [0.3, 0.4) is 0 Å². The Bertz CT molecular complexity index is 643. The number of amides is 2. The first-order valence-electron chi connectivity index (χ1n) is 7.05. The van der Waals surface area contributed by atoms with E-state index in [1.807, 2.05) is 17.5 Å². The van der Waals surface area contributed by atoms with Gasteiger partial charge in [0.1, 0.15) is 0 Å². The molecule has 1 aromatic carbocycles. The van der Waals surface area contributed by atoms with E-state index in [-0.39, 0.29) is 18.4 Å². The average molecular weight is 334 g/mol. The summed E-state index contributed by atoms with van der Waals surface area (Å²) in [5.74, 6) is 0.681. The molecule has 0 aliphatic heterocycles. The Labute approximate surface area is 138 Å². The highest BCUT2D eigenvalue weighted by Gasteiger charge is 2.07. The number of methoxy groups -OCH3 is 1. The molecule has 0 saturated heterocycles. The van der Waals surface area contributed by atoms with Crippen LogP contribution in [0.2, 0.25) is 0 Å². The number of benzene rings is 1. The van der Waals surface area contributed by atoms with E-state index in [0.717, 1.165) is 0 Å². The predicted octanol–water partition coefficient (Wildman–Crippen LogP) is 1.68. The standard InChI is InChI=1S/C16H18N2O4S/c1-21-12-5-2-3-6-13(12)22-11-15(19)17-8-9-18-16(20)14-7-4-10-23-14/h2-7,10H,8-9,11H2,1H3,(H,17,19)(H,18,20). The minimum atomic E-state index is -0.263. The molecule has 2 N–H and O–H groups in total. The molecule has 0 spiro atoms. The van der Waals surface area contributed by atoms with Crippen molar-refractivity contribution in [3.8, 4) is 11.5 Å². The molecule has 122 valence electrons. The van der Waals surface area contributed by atoms with Crippen LogP contribution in [-0.2, 0) is 4.79 Å². The number of ether oxygens (including phenoxy) is 2. The van der Waals surface area contributed by atoms with Crippen molar-refractivity contribution in [3.63, 3.8) is 0 Å². The molecule has 0 atom stereocenters. The van der Waals surface area contributed by atoms with Gasteiger partial charge < -0.3 is 20.1 Å². The van der Waals surface area contributed by atoms with Crippen molar-refractivity contribution in [1.82, 2.24) is 10.6 Å². The first kappa shape index (κ1) is 16.8. The van der Waals surface area contributed by atoms with Gasteiger partial charge in [-0.3, -0.25) is 9.59 Å². The first-order valence-corrected chi connectivity index (χ1v) is 7.93. The van der Waals surface area contributed by atoms with Crippen LogP contribution in [0.15, 0.2) is 41.8 Å². The van der Waals surface area contributed by atoms with Gasteiger partial charge in [0.2, 0.25) is 0 Å². The third-order valence-corrected chi connectivity index (χ3v) is 3.77. The van der Waals surface area contributed by atoms with Crippen molar-refractivity contribution < 1.29 is 19.1 Å². The fourth-order valence-electron chi connectivity index (χ4n) is 1.81. The largest absolute Gasteiger partial charge is 0.493 e. The van der Waals surface area contributed by atoms with Gasteiger partial charge in [0.15, 0.2) is 18.1 Å². The Balaban J connectivity index is 1.64. The number of hydrogen-bond donors (Lipinski definition) is 2. The summed E-state index contributed by atoms with van der Waals surface area (Å²) in [4.78, 5) is 24.0. The summed E-state index contributed by atoms with van der Waals surface area (Å²) in [5.41, 5.74) is 0. The van der Waals surface area contributed by atoms with Crippen molar-refractivity contribution >= 4 is 23.2 Å². The van der Waals surface area contributed by atoms with Crippen LogP contribution in [-0.4, -0.2) is 38.6 Å². The fourth-order valence-corrected chi connectivity index (χ4v) is 2.45. The second-order valence-electron chi connectivity index (χ2n) is 4.52. The van der Waals surface area contributed by atoms with Gasteiger partial charge >= 0.3 is 0 Å². The molecule has 0 unspecified atom stereocenters. The minimum Gasteiger partial charge on any atom is -0.493 e. The van der Waals surface area contributed by atoms with E-state index in [2.05, 4.69) is 10.6 Å². The lowest BCUT2D eigenvalue weighted by atomic mass is 10.3. The van der Waals surface area contributed by atoms with Crippen LogP contribution in [0.4, 0.5) is 0 Å². The fraction of sp³-hybridized carbons (Fsp3) is 0.250. The van der Waals surface area contributed by atoms with Crippen LogP contribution in [0.25, 0.3) is 0 Å². The third kappa shape index (κ3) is 5.30. The maximum Gasteiger partial charge on any atom is 0.261 e. The third-order valence-electron chi connectivity index (χ3n) is 2.91. The summed E-state index contributed by atoms with van der Waals surface area (Å²) in [6, 6.07) is 10.7. The first-order chi connectivity index (χ1) is 11.2. The highest BCUT2D eigenvalue weighted by molar-refractivity contribution is 7.12. The number of carbonyl (C=O) groups excluding carboxylic acids is 2. The molecule has 1 heterocycles. The van der Waals surface area contributed by atoms with Crippen molar-refractivity contribution in [2.75, 3.05) is 26.8 Å². The Kier molecular flexibility index (Phi) is 6.43. The molecule has 6 nitrogen and oxygen atoms in total. The Morgan fingerprint density at radius 1 is 1.04 bits per heavy atom. The van der Waals surface area contributed by atoms with E-state index in [4.69, 9.17) is 9.47 Å². The van der Waals surface area contributed by atoms with Gasteiger partial charge in [0.05, 0.1) is 12.0 Å². The normalized spacial score (nSPS) is 9.96. The number of carbonyl (C=O) groups is 2. The Morgan fingerprint density at radius 3 is 2.48 bits per heavy atom. The zero-order valence-corrected chi connectivity index (χ0v) is 13.5. The van der Waals surface area contributed by atoms with Gasteiger partial charge in [-0.2, -0.15) is 0 Å². The Morgan fingerprint density at radius 2 is 1.78 bits per heavy atom. The van der Waals surface area contributed by atoms with Gasteiger partial charge in [-0.05, 0) is 23.6 Å². The smallest absolute Gasteiger partial charge is 0.261 e. The number of para-hydroxylation sites is 2. The maximum absolute atomic E-state index is 11.7. The highest BCUT2D eigenvalue weighted by atomic mass is 32.1.